The summed E-state index contributed by atoms with van der Waals surface area (Å²) in [6, 6.07) is 13.1. The molecule has 2 aromatic heterocycles. The van der Waals surface area contributed by atoms with Crippen LogP contribution < -0.4 is 10.1 Å². The molecule has 33 heavy (non-hydrogen) atoms. The second-order valence-corrected chi connectivity index (χ2v) is 8.02. The Morgan fingerprint density at radius 3 is 2.61 bits per heavy atom. The molecule has 1 aliphatic heterocycles. The second-order valence-electron chi connectivity index (χ2n) is 8.02. The highest BCUT2D eigenvalue weighted by Crippen LogP contribution is 2.29. The van der Waals surface area contributed by atoms with E-state index in [4.69, 9.17) is 4.74 Å². The zero-order valence-electron chi connectivity index (χ0n) is 18.6. The van der Waals surface area contributed by atoms with Gasteiger partial charge < -0.3 is 15.0 Å². The van der Waals surface area contributed by atoms with Gasteiger partial charge in [0.1, 0.15) is 11.6 Å². The monoisotopic (exact) mass is 445 g/mol. The first-order chi connectivity index (χ1) is 16.1. The minimum atomic E-state index is -0.205. The van der Waals surface area contributed by atoms with Crippen molar-refractivity contribution < 1.29 is 14.3 Å². The van der Waals surface area contributed by atoms with E-state index in [0.717, 1.165) is 24.1 Å². The average Bonchev–Trinajstić information content (AvgIpc) is 2.87. The van der Waals surface area contributed by atoms with E-state index in [-0.39, 0.29) is 24.3 Å². The number of carbonyl (C=O) groups is 2. The zero-order chi connectivity index (χ0) is 23.0. The summed E-state index contributed by atoms with van der Waals surface area (Å²) in [5, 5.41) is 2.93. The molecule has 0 aliphatic carbocycles. The van der Waals surface area contributed by atoms with Gasteiger partial charge in [0, 0.05) is 44.1 Å². The molecule has 2 amide bonds. The van der Waals surface area contributed by atoms with Crippen molar-refractivity contribution >= 4 is 11.8 Å². The minimum Gasteiger partial charge on any atom is -0.484 e. The van der Waals surface area contributed by atoms with Gasteiger partial charge in [0.05, 0.1) is 11.3 Å². The van der Waals surface area contributed by atoms with E-state index in [9.17, 15) is 9.59 Å². The molecule has 1 aliphatic rings. The van der Waals surface area contributed by atoms with E-state index < -0.39 is 0 Å². The number of pyridine rings is 1. The predicted octanol–water partition coefficient (Wildman–Crippen LogP) is 2.90. The van der Waals surface area contributed by atoms with Gasteiger partial charge in [-0.25, -0.2) is 9.97 Å². The molecule has 1 aromatic carbocycles. The Kier molecular flexibility index (Phi) is 7.24. The smallest absolute Gasteiger partial charge is 0.260 e. The number of piperidine rings is 1. The Morgan fingerprint density at radius 1 is 1.09 bits per heavy atom. The van der Waals surface area contributed by atoms with E-state index in [1.807, 2.05) is 54.3 Å². The van der Waals surface area contributed by atoms with Crippen LogP contribution in [0.4, 0.5) is 0 Å². The topological polar surface area (TPSA) is 97.3 Å². The van der Waals surface area contributed by atoms with Gasteiger partial charge in [-0.1, -0.05) is 24.3 Å². The number of aromatic nitrogens is 3. The number of likely N-dealkylation sites (tertiary alicyclic amines) is 1. The molecule has 1 saturated heterocycles. The SMILES string of the molecule is Cc1ncc(C(=O)NCc2cccnc2)c(C2CCN(C(=O)COc3ccccc3)CC2)n1. The second kappa shape index (κ2) is 10.7. The van der Waals surface area contributed by atoms with Crippen molar-refractivity contribution in [3.63, 3.8) is 0 Å². The highest BCUT2D eigenvalue weighted by atomic mass is 16.5. The standard InChI is InChI=1S/C25H27N5O3/c1-18-27-16-22(25(32)28-15-19-6-5-11-26-14-19)24(29-18)20-9-12-30(13-10-20)23(31)17-33-21-7-3-2-4-8-21/h2-8,11,14,16,20H,9-10,12-13,15,17H2,1H3,(H,28,32). The highest BCUT2D eigenvalue weighted by molar-refractivity contribution is 5.95. The summed E-state index contributed by atoms with van der Waals surface area (Å²) in [7, 11) is 0. The number of nitrogens with one attached hydrogen (secondary N) is 1. The first-order valence-corrected chi connectivity index (χ1v) is 11.1. The maximum absolute atomic E-state index is 12.9. The summed E-state index contributed by atoms with van der Waals surface area (Å²) in [5.41, 5.74) is 2.16. The van der Waals surface area contributed by atoms with Crippen LogP contribution in [0.2, 0.25) is 0 Å². The Hall–Kier alpha value is -3.81. The molecule has 3 aromatic rings. The number of nitrogens with zero attached hydrogens (tertiary/aromatic N) is 4. The Bertz CT molecular complexity index is 1080. The zero-order valence-corrected chi connectivity index (χ0v) is 18.6. The summed E-state index contributed by atoms with van der Waals surface area (Å²) < 4.78 is 5.59. The number of amides is 2. The molecule has 1 N–H and O–H groups in total. The molecule has 0 bridgehead atoms. The van der Waals surface area contributed by atoms with Crippen molar-refractivity contribution in [2.45, 2.75) is 32.2 Å². The molecular formula is C25H27N5O3. The predicted molar refractivity (Wildman–Crippen MR) is 123 cm³/mol. The normalized spacial score (nSPS) is 14.0. The van der Waals surface area contributed by atoms with Crippen molar-refractivity contribution in [1.82, 2.24) is 25.2 Å². The molecule has 4 rings (SSSR count). The number of rotatable bonds is 7. The Labute approximate surface area is 193 Å². The van der Waals surface area contributed by atoms with Gasteiger partial charge in [-0.15, -0.1) is 0 Å². The molecule has 0 atom stereocenters. The summed E-state index contributed by atoms with van der Waals surface area (Å²) in [5.74, 6) is 1.15. The Balaban J connectivity index is 1.36. The number of carbonyl (C=O) groups excluding carboxylic acids is 2. The summed E-state index contributed by atoms with van der Waals surface area (Å²) >= 11 is 0. The third kappa shape index (κ3) is 5.91. The molecule has 170 valence electrons. The van der Waals surface area contributed by atoms with Crippen molar-refractivity contribution in [2.75, 3.05) is 19.7 Å². The lowest BCUT2D eigenvalue weighted by atomic mass is 9.90. The van der Waals surface area contributed by atoms with Crippen LogP contribution >= 0.6 is 0 Å². The molecule has 8 heteroatoms. The van der Waals surface area contributed by atoms with Gasteiger partial charge in [-0.05, 0) is 43.5 Å². The summed E-state index contributed by atoms with van der Waals surface area (Å²) in [4.78, 5) is 40.2. The van der Waals surface area contributed by atoms with Gasteiger partial charge in [-0.3, -0.25) is 14.6 Å². The van der Waals surface area contributed by atoms with E-state index in [1.54, 1.807) is 18.6 Å². The van der Waals surface area contributed by atoms with Crippen LogP contribution in [0, 0.1) is 6.92 Å². The lowest BCUT2D eigenvalue weighted by molar-refractivity contribution is -0.134. The van der Waals surface area contributed by atoms with Gasteiger partial charge in [0.25, 0.3) is 11.8 Å². The highest BCUT2D eigenvalue weighted by Gasteiger charge is 2.28. The first kappa shape index (κ1) is 22.4. The third-order valence-electron chi connectivity index (χ3n) is 5.70. The average molecular weight is 446 g/mol. The fourth-order valence-corrected chi connectivity index (χ4v) is 3.91. The largest absolute Gasteiger partial charge is 0.484 e. The molecule has 3 heterocycles. The van der Waals surface area contributed by atoms with Crippen LogP contribution in [0.15, 0.2) is 61.1 Å². The van der Waals surface area contributed by atoms with Gasteiger partial charge in [0.15, 0.2) is 6.61 Å². The molecule has 0 unspecified atom stereocenters. The number of hydrogen-bond donors (Lipinski definition) is 1. The molecule has 0 radical (unpaired) electrons. The molecular weight excluding hydrogens is 418 g/mol. The van der Waals surface area contributed by atoms with Crippen LogP contribution in [0.5, 0.6) is 5.75 Å². The summed E-state index contributed by atoms with van der Waals surface area (Å²) in [6.45, 7) is 3.42. The van der Waals surface area contributed by atoms with Crippen molar-refractivity contribution in [2.24, 2.45) is 0 Å². The number of benzene rings is 1. The van der Waals surface area contributed by atoms with Crippen LogP contribution in [-0.4, -0.2) is 51.4 Å². The van der Waals surface area contributed by atoms with Crippen LogP contribution in [-0.2, 0) is 11.3 Å². The van der Waals surface area contributed by atoms with Crippen LogP contribution in [0.25, 0.3) is 0 Å². The number of ether oxygens (including phenoxy) is 1. The van der Waals surface area contributed by atoms with Crippen molar-refractivity contribution in [1.29, 1.82) is 0 Å². The lowest BCUT2D eigenvalue weighted by Gasteiger charge is -2.32. The molecule has 0 spiro atoms. The third-order valence-corrected chi connectivity index (χ3v) is 5.70. The molecule has 1 fully saturated rings. The quantitative estimate of drug-likeness (QED) is 0.601. The van der Waals surface area contributed by atoms with E-state index in [0.29, 0.717) is 36.8 Å². The lowest BCUT2D eigenvalue weighted by Crippen LogP contribution is -2.41. The maximum atomic E-state index is 12.9. The fraction of sp³-hybridized carbons (Fsp3) is 0.320. The minimum absolute atomic E-state index is 0.0172. The van der Waals surface area contributed by atoms with E-state index >= 15 is 0 Å². The van der Waals surface area contributed by atoms with Gasteiger partial charge >= 0.3 is 0 Å². The van der Waals surface area contributed by atoms with E-state index in [1.165, 1.54) is 0 Å². The number of aryl methyl sites for hydroxylation is 1. The van der Waals surface area contributed by atoms with Crippen molar-refractivity contribution in [3.05, 3.63) is 83.7 Å². The van der Waals surface area contributed by atoms with Crippen molar-refractivity contribution in [3.8, 4) is 5.75 Å². The molecule has 0 saturated carbocycles. The fourth-order valence-electron chi connectivity index (χ4n) is 3.91. The van der Waals surface area contributed by atoms with Crippen LogP contribution in [0.3, 0.4) is 0 Å². The van der Waals surface area contributed by atoms with Gasteiger partial charge in [0.2, 0.25) is 0 Å². The number of para-hydroxylation sites is 1. The van der Waals surface area contributed by atoms with Crippen LogP contribution in [0.1, 0.15) is 46.2 Å². The van der Waals surface area contributed by atoms with E-state index in [2.05, 4.69) is 20.3 Å². The summed E-state index contributed by atoms with van der Waals surface area (Å²) in [6.07, 6.45) is 6.48. The first-order valence-electron chi connectivity index (χ1n) is 11.1. The van der Waals surface area contributed by atoms with Gasteiger partial charge in [-0.2, -0.15) is 0 Å². The number of hydrogen-bond acceptors (Lipinski definition) is 6. The maximum Gasteiger partial charge on any atom is 0.260 e. The molecule has 8 nitrogen and oxygen atoms in total. The Morgan fingerprint density at radius 2 is 1.88 bits per heavy atom.